The summed E-state index contributed by atoms with van der Waals surface area (Å²) in [7, 11) is -3.71. The molecule has 3 heterocycles. The first-order chi connectivity index (χ1) is 16.6. The molecule has 0 bridgehead atoms. The van der Waals surface area contributed by atoms with Gasteiger partial charge >= 0.3 is 0 Å². The summed E-state index contributed by atoms with van der Waals surface area (Å²) in [4.78, 5) is 43.6. The van der Waals surface area contributed by atoms with Crippen LogP contribution < -0.4 is 10.6 Å². The van der Waals surface area contributed by atoms with Crippen molar-refractivity contribution in [3.05, 3.63) is 36.0 Å². The standard InChI is InChI=1S/C25H32N4O5S/c1-25(2)22(29-20(30)13-21(29)35(25,33)34)24(32)28-19(23(31)27-16-8-4-3-5-9-16)12-15-14-26-18-11-7-6-10-17(15)18/h6-7,10-11,14,16,19,21-22,26H,3-5,8-9,12-13H2,1-2H3,(H,27,31)(H,28,32)/t19-,21?,22+/m0/s1. The number of hydrogen-bond acceptors (Lipinski definition) is 5. The minimum atomic E-state index is -3.71. The van der Waals surface area contributed by atoms with Gasteiger partial charge in [0.05, 0.1) is 11.2 Å². The normalized spacial score (nSPS) is 26.1. The van der Waals surface area contributed by atoms with E-state index in [1.807, 2.05) is 30.5 Å². The topological polar surface area (TPSA) is 128 Å². The molecule has 1 aliphatic carbocycles. The molecular formula is C25H32N4O5S. The predicted octanol–water partition coefficient (Wildman–Crippen LogP) is 1.78. The highest BCUT2D eigenvalue weighted by Gasteiger charge is 2.67. The fraction of sp³-hybridized carbons (Fsp3) is 0.560. The van der Waals surface area contributed by atoms with Gasteiger partial charge in [-0.2, -0.15) is 0 Å². The molecule has 10 heteroatoms. The van der Waals surface area contributed by atoms with Crippen molar-refractivity contribution in [3.8, 4) is 0 Å². The highest BCUT2D eigenvalue weighted by molar-refractivity contribution is 7.93. The number of carbonyl (C=O) groups is 3. The van der Waals surface area contributed by atoms with Crippen LogP contribution in [0.15, 0.2) is 30.5 Å². The molecule has 2 saturated heterocycles. The highest BCUT2D eigenvalue weighted by Crippen LogP contribution is 2.45. The van der Waals surface area contributed by atoms with Crippen LogP contribution in [0.4, 0.5) is 0 Å². The number of nitrogens with zero attached hydrogens (tertiary/aromatic N) is 1. The number of sulfone groups is 1. The second-order valence-corrected chi connectivity index (χ2v) is 13.2. The van der Waals surface area contributed by atoms with Crippen molar-refractivity contribution in [2.75, 3.05) is 0 Å². The Bertz CT molecular complexity index is 1280. The van der Waals surface area contributed by atoms with E-state index in [1.54, 1.807) is 0 Å². The minimum Gasteiger partial charge on any atom is -0.361 e. The van der Waals surface area contributed by atoms with Gasteiger partial charge in [0, 0.05) is 29.6 Å². The molecule has 0 spiro atoms. The average molecular weight is 501 g/mol. The minimum absolute atomic E-state index is 0.0586. The van der Waals surface area contributed by atoms with Crippen molar-refractivity contribution in [1.82, 2.24) is 20.5 Å². The molecule has 1 saturated carbocycles. The van der Waals surface area contributed by atoms with E-state index in [0.29, 0.717) is 0 Å². The van der Waals surface area contributed by atoms with Gasteiger partial charge < -0.3 is 20.5 Å². The van der Waals surface area contributed by atoms with Gasteiger partial charge in [-0.3, -0.25) is 14.4 Å². The number of aromatic amines is 1. The van der Waals surface area contributed by atoms with E-state index in [1.165, 1.54) is 18.7 Å². The van der Waals surface area contributed by atoms with Crippen molar-refractivity contribution in [3.63, 3.8) is 0 Å². The monoisotopic (exact) mass is 500 g/mol. The number of carbonyl (C=O) groups excluding carboxylic acids is 3. The van der Waals surface area contributed by atoms with Gasteiger partial charge in [-0.25, -0.2) is 8.42 Å². The molecular weight excluding hydrogens is 468 g/mol. The smallest absolute Gasteiger partial charge is 0.245 e. The zero-order chi connectivity index (χ0) is 25.0. The third kappa shape index (κ3) is 3.91. The Morgan fingerprint density at radius 2 is 1.89 bits per heavy atom. The Kier molecular flexibility index (Phi) is 5.89. The second kappa shape index (κ2) is 8.65. The van der Waals surface area contributed by atoms with E-state index in [0.717, 1.165) is 48.6 Å². The van der Waals surface area contributed by atoms with Crippen LogP contribution in [0.2, 0.25) is 0 Å². The zero-order valence-corrected chi connectivity index (χ0v) is 20.9. The fourth-order valence-electron chi connectivity index (χ4n) is 5.78. The summed E-state index contributed by atoms with van der Waals surface area (Å²) in [5.74, 6) is -1.26. The largest absolute Gasteiger partial charge is 0.361 e. The quantitative estimate of drug-likeness (QED) is 0.521. The number of aromatic nitrogens is 1. The predicted molar refractivity (Wildman–Crippen MR) is 131 cm³/mol. The summed E-state index contributed by atoms with van der Waals surface area (Å²) in [6, 6.07) is 5.70. The number of para-hydroxylation sites is 1. The van der Waals surface area contributed by atoms with Crippen LogP contribution in [0.1, 0.15) is 57.9 Å². The third-order valence-electron chi connectivity index (χ3n) is 7.91. The van der Waals surface area contributed by atoms with Gasteiger partial charge in [0.1, 0.15) is 17.5 Å². The fourth-order valence-corrected chi connectivity index (χ4v) is 7.92. The molecule has 1 unspecified atom stereocenters. The summed E-state index contributed by atoms with van der Waals surface area (Å²) in [6.45, 7) is 2.96. The lowest BCUT2D eigenvalue weighted by molar-refractivity contribution is -0.150. The van der Waals surface area contributed by atoms with Crippen LogP contribution >= 0.6 is 0 Å². The summed E-state index contributed by atoms with van der Waals surface area (Å²) in [5.41, 5.74) is 1.80. The maximum absolute atomic E-state index is 13.5. The number of nitrogens with one attached hydrogen (secondary N) is 3. The molecule has 9 nitrogen and oxygen atoms in total. The number of benzene rings is 1. The molecule has 3 N–H and O–H groups in total. The summed E-state index contributed by atoms with van der Waals surface area (Å²) in [6.07, 6.45) is 7.03. The maximum atomic E-state index is 13.5. The molecule has 2 aliphatic heterocycles. The van der Waals surface area contributed by atoms with Gasteiger partial charge in [0.25, 0.3) is 0 Å². The van der Waals surface area contributed by atoms with Crippen LogP contribution in [-0.2, 0) is 30.6 Å². The molecule has 0 radical (unpaired) electrons. The lowest BCUT2D eigenvalue weighted by Gasteiger charge is -2.37. The van der Waals surface area contributed by atoms with Gasteiger partial charge in [-0.05, 0) is 38.3 Å². The molecule has 35 heavy (non-hydrogen) atoms. The van der Waals surface area contributed by atoms with Crippen molar-refractivity contribution in [2.24, 2.45) is 0 Å². The summed E-state index contributed by atoms with van der Waals surface area (Å²) in [5, 5.41) is 5.91. The molecule has 3 aliphatic rings. The second-order valence-electron chi connectivity index (χ2n) is 10.5. The molecule has 5 rings (SSSR count). The number of fused-ring (bicyclic) bond motifs is 2. The Balaban J connectivity index is 1.41. The number of hydrogen-bond donors (Lipinski definition) is 3. The first kappa shape index (κ1) is 23.8. The molecule has 3 amide bonds. The average Bonchev–Trinajstić information content (AvgIpc) is 3.28. The van der Waals surface area contributed by atoms with Crippen molar-refractivity contribution >= 4 is 38.5 Å². The van der Waals surface area contributed by atoms with Crippen LogP contribution in [0, 0.1) is 0 Å². The Hall–Kier alpha value is -2.88. The van der Waals surface area contributed by atoms with Crippen LogP contribution in [-0.4, -0.2) is 64.3 Å². The lowest BCUT2D eigenvalue weighted by atomic mass is 9.94. The molecule has 3 atom stereocenters. The van der Waals surface area contributed by atoms with Gasteiger partial charge in [-0.15, -0.1) is 0 Å². The van der Waals surface area contributed by atoms with E-state index in [9.17, 15) is 22.8 Å². The summed E-state index contributed by atoms with van der Waals surface area (Å²) < 4.78 is 24.5. The first-order valence-corrected chi connectivity index (χ1v) is 13.9. The molecule has 1 aromatic heterocycles. The number of β-lactam (4-membered cyclic amide) rings is 1. The Morgan fingerprint density at radius 1 is 1.17 bits per heavy atom. The lowest BCUT2D eigenvalue weighted by Crippen LogP contribution is -2.62. The molecule has 2 aromatic rings. The molecule has 3 fully saturated rings. The Labute approximate surface area is 204 Å². The van der Waals surface area contributed by atoms with E-state index in [-0.39, 0.29) is 30.7 Å². The number of amides is 3. The summed E-state index contributed by atoms with van der Waals surface area (Å²) >= 11 is 0. The zero-order valence-electron chi connectivity index (χ0n) is 20.0. The first-order valence-electron chi connectivity index (χ1n) is 12.3. The van der Waals surface area contributed by atoms with Gasteiger partial charge in [0.15, 0.2) is 9.84 Å². The van der Waals surface area contributed by atoms with E-state index >= 15 is 0 Å². The molecule has 1 aromatic carbocycles. The SMILES string of the molecule is CC1(C)[C@@H](C(=O)N[C@@H](Cc2c[nH]c3ccccc23)C(=O)NC2CCCCC2)N2C(=O)CC2S1(=O)=O. The van der Waals surface area contributed by atoms with Crippen molar-refractivity contribution in [1.29, 1.82) is 0 Å². The van der Waals surface area contributed by atoms with E-state index < -0.39 is 37.9 Å². The maximum Gasteiger partial charge on any atom is 0.245 e. The number of H-pyrrole nitrogens is 1. The van der Waals surface area contributed by atoms with Crippen LogP contribution in [0.5, 0.6) is 0 Å². The van der Waals surface area contributed by atoms with E-state index in [2.05, 4.69) is 15.6 Å². The molecule has 188 valence electrons. The van der Waals surface area contributed by atoms with Crippen molar-refractivity contribution < 1.29 is 22.8 Å². The van der Waals surface area contributed by atoms with Crippen LogP contribution in [0.25, 0.3) is 10.9 Å². The third-order valence-corrected chi connectivity index (χ3v) is 10.7. The highest BCUT2D eigenvalue weighted by atomic mass is 32.2. The van der Waals surface area contributed by atoms with E-state index in [4.69, 9.17) is 0 Å². The van der Waals surface area contributed by atoms with Gasteiger partial charge in [-0.1, -0.05) is 37.5 Å². The number of rotatable bonds is 6. The van der Waals surface area contributed by atoms with Crippen LogP contribution in [0.3, 0.4) is 0 Å². The van der Waals surface area contributed by atoms with Gasteiger partial charge in [0.2, 0.25) is 17.7 Å². The van der Waals surface area contributed by atoms with Crippen molar-refractivity contribution in [2.45, 2.75) is 87.0 Å². The Morgan fingerprint density at radius 3 is 2.60 bits per heavy atom.